The number of benzene rings is 2. The lowest BCUT2D eigenvalue weighted by molar-refractivity contribution is 0.265. The molecule has 0 unspecified atom stereocenters. The second kappa shape index (κ2) is 7.06. The molecule has 0 spiro atoms. The summed E-state index contributed by atoms with van der Waals surface area (Å²) in [6, 6.07) is 10.9. The first kappa shape index (κ1) is 15.3. The van der Waals surface area contributed by atoms with Gasteiger partial charge < -0.3 is 20.3 Å². The van der Waals surface area contributed by atoms with Gasteiger partial charge in [-0.25, -0.2) is 4.39 Å². The lowest BCUT2D eigenvalue weighted by atomic mass is 10.1. The summed E-state index contributed by atoms with van der Waals surface area (Å²) in [6.07, 6.45) is 0. The summed E-state index contributed by atoms with van der Waals surface area (Å²) >= 11 is 0. The molecule has 0 saturated carbocycles. The van der Waals surface area contributed by atoms with Crippen LogP contribution >= 0.6 is 0 Å². The van der Waals surface area contributed by atoms with Gasteiger partial charge in [-0.2, -0.15) is 0 Å². The zero-order chi connectivity index (χ0) is 15.2. The molecule has 0 amide bonds. The monoisotopic (exact) mass is 291 g/mol. The highest BCUT2D eigenvalue weighted by molar-refractivity contribution is 5.44. The van der Waals surface area contributed by atoms with E-state index in [0.29, 0.717) is 11.5 Å². The lowest BCUT2D eigenvalue weighted by Gasteiger charge is -2.14. The van der Waals surface area contributed by atoms with Crippen molar-refractivity contribution in [2.75, 3.05) is 13.7 Å². The van der Waals surface area contributed by atoms with Crippen LogP contribution in [-0.4, -0.2) is 18.8 Å². The molecule has 0 fully saturated rings. The first-order chi connectivity index (χ1) is 10.1. The summed E-state index contributed by atoms with van der Waals surface area (Å²) < 4.78 is 23.8. The van der Waals surface area contributed by atoms with E-state index in [1.165, 1.54) is 12.1 Å². The molecule has 0 aliphatic rings. The minimum absolute atomic E-state index is 0.149. The first-order valence-corrected chi connectivity index (χ1v) is 6.55. The highest BCUT2D eigenvalue weighted by Crippen LogP contribution is 2.30. The molecule has 0 aliphatic heterocycles. The Morgan fingerprint density at radius 1 is 1.14 bits per heavy atom. The second-order valence-corrected chi connectivity index (χ2v) is 4.61. The van der Waals surface area contributed by atoms with Gasteiger partial charge in [-0.3, -0.25) is 0 Å². The van der Waals surface area contributed by atoms with E-state index >= 15 is 0 Å². The third-order valence-corrected chi connectivity index (χ3v) is 3.12. The van der Waals surface area contributed by atoms with Crippen LogP contribution in [0.5, 0.6) is 11.5 Å². The van der Waals surface area contributed by atoms with E-state index in [-0.39, 0.29) is 19.0 Å². The number of hydrogen-bond acceptors (Lipinski definition) is 4. The number of hydrogen-bond donors (Lipinski definition) is 2. The molecular formula is C16H18FNO3. The standard InChI is InChI=1S/C16H18FNO3/c1-20-15-7-4-12(14(18)9-19)8-16(15)21-10-11-2-5-13(17)6-3-11/h2-8,14,19H,9-10,18H2,1H3/t14-/m0/s1. The summed E-state index contributed by atoms with van der Waals surface area (Å²) in [5.74, 6) is 0.821. The largest absolute Gasteiger partial charge is 0.493 e. The highest BCUT2D eigenvalue weighted by atomic mass is 19.1. The van der Waals surface area contributed by atoms with Crippen LogP contribution in [0.15, 0.2) is 42.5 Å². The van der Waals surface area contributed by atoms with Crippen LogP contribution in [0, 0.1) is 5.82 Å². The third kappa shape index (κ3) is 3.93. The number of methoxy groups -OCH3 is 1. The predicted molar refractivity (Wildman–Crippen MR) is 77.7 cm³/mol. The normalized spacial score (nSPS) is 12.0. The van der Waals surface area contributed by atoms with E-state index < -0.39 is 6.04 Å². The number of rotatable bonds is 6. The van der Waals surface area contributed by atoms with E-state index in [2.05, 4.69) is 0 Å². The van der Waals surface area contributed by atoms with Gasteiger partial charge in [-0.1, -0.05) is 18.2 Å². The average molecular weight is 291 g/mol. The van der Waals surface area contributed by atoms with E-state index in [4.69, 9.17) is 20.3 Å². The topological polar surface area (TPSA) is 64.7 Å². The third-order valence-electron chi connectivity index (χ3n) is 3.12. The molecule has 0 aliphatic carbocycles. The molecule has 0 heterocycles. The van der Waals surface area contributed by atoms with E-state index in [1.807, 2.05) is 0 Å². The number of ether oxygens (including phenoxy) is 2. The Labute approximate surface area is 122 Å². The Kier molecular flexibility index (Phi) is 5.14. The van der Waals surface area contributed by atoms with E-state index in [9.17, 15) is 4.39 Å². The van der Waals surface area contributed by atoms with Crippen molar-refractivity contribution < 1.29 is 19.0 Å². The maximum Gasteiger partial charge on any atom is 0.161 e. The van der Waals surface area contributed by atoms with Gasteiger partial charge >= 0.3 is 0 Å². The van der Waals surface area contributed by atoms with Gasteiger partial charge in [-0.05, 0) is 35.4 Å². The molecule has 0 radical (unpaired) electrons. The zero-order valence-electron chi connectivity index (χ0n) is 11.8. The van der Waals surface area contributed by atoms with Gasteiger partial charge in [0.15, 0.2) is 11.5 Å². The number of aliphatic hydroxyl groups excluding tert-OH is 1. The van der Waals surface area contributed by atoms with Gasteiger partial charge in [0.05, 0.1) is 19.8 Å². The molecule has 21 heavy (non-hydrogen) atoms. The average Bonchev–Trinajstić information content (AvgIpc) is 2.53. The maximum atomic E-state index is 12.9. The van der Waals surface area contributed by atoms with Crippen LogP contribution in [0.3, 0.4) is 0 Å². The summed E-state index contributed by atoms with van der Waals surface area (Å²) in [5, 5.41) is 9.11. The molecule has 5 heteroatoms. The fraction of sp³-hybridized carbons (Fsp3) is 0.250. The molecule has 0 aromatic heterocycles. The number of nitrogens with two attached hydrogens (primary N) is 1. The Bertz CT molecular complexity index is 587. The van der Waals surface area contributed by atoms with Crippen molar-refractivity contribution >= 4 is 0 Å². The second-order valence-electron chi connectivity index (χ2n) is 4.61. The van der Waals surface area contributed by atoms with Gasteiger partial charge in [-0.15, -0.1) is 0 Å². The molecule has 2 aromatic rings. The summed E-state index contributed by atoms with van der Waals surface area (Å²) in [6.45, 7) is 0.137. The van der Waals surface area contributed by atoms with Crippen LogP contribution < -0.4 is 15.2 Å². The molecule has 4 nitrogen and oxygen atoms in total. The van der Waals surface area contributed by atoms with E-state index in [1.54, 1.807) is 37.4 Å². The maximum absolute atomic E-state index is 12.9. The Hall–Kier alpha value is -2.11. The lowest BCUT2D eigenvalue weighted by Crippen LogP contribution is -2.14. The van der Waals surface area contributed by atoms with Crippen LogP contribution in [0.4, 0.5) is 4.39 Å². The summed E-state index contributed by atoms with van der Waals surface area (Å²) in [5.41, 5.74) is 7.39. The first-order valence-electron chi connectivity index (χ1n) is 6.55. The van der Waals surface area contributed by atoms with Gasteiger partial charge in [0.1, 0.15) is 12.4 Å². The van der Waals surface area contributed by atoms with Crippen molar-refractivity contribution in [3.8, 4) is 11.5 Å². The van der Waals surface area contributed by atoms with Gasteiger partial charge in [0.2, 0.25) is 0 Å². The number of halogens is 1. The van der Waals surface area contributed by atoms with Crippen molar-refractivity contribution in [1.29, 1.82) is 0 Å². The summed E-state index contributed by atoms with van der Waals surface area (Å²) in [4.78, 5) is 0. The fourth-order valence-electron chi connectivity index (χ4n) is 1.88. The number of aliphatic hydroxyl groups is 1. The molecule has 1 atom stereocenters. The molecular weight excluding hydrogens is 273 g/mol. The summed E-state index contributed by atoms with van der Waals surface area (Å²) in [7, 11) is 1.55. The Morgan fingerprint density at radius 2 is 1.86 bits per heavy atom. The van der Waals surface area contributed by atoms with Crippen LogP contribution in [0.1, 0.15) is 17.2 Å². The van der Waals surface area contributed by atoms with Gasteiger partial charge in [0, 0.05) is 0 Å². The van der Waals surface area contributed by atoms with Crippen LogP contribution in [-0.2, 0) is 6.61 Å². The minimum atomic E-state index is -0.468. The molecule has 2 aromatic carbocycles. The van der Waals surface area contributed by atoms with Crippen molar-refractivity contribution in [3.63, 3.8) is 0 Å². The van der Waals surface area contributed by atoms with Gasteiger partial charge in [0.25, 0.3) is 0 Å². The van der Waals surface area contributed by atoms with Crippen LogP contribution in [0.25, 0.3) is 0 Å². The molecule has 0 saturated heterocycles. The minimum Gasteiger partial charge on any atom is -0.493 e. The fourth-order valence-corrected chi connectivity index (χ4v) is 1.88. The van der Waals surface area contributed by atoms with Crippen molar-refractivity contribution in [3.05, 3.63) is 59.4 Å². The predicted octanol–water partition coefficient (Wildman–Crippen LogP) is 2.41. The van der Waals surface area contributed by atoms with E-state index in [0.717, 1.165) is 11.1 Å². The van der Waals surface area contributed by atoms with Crippen molar-refractivity contribution in [2.24, 2.45) is 5.73 Å². The van der Waals surface area contributed by atoms with Crippen molar-refractivity contribution in [2.45, 2.75) is 12.6 Å². The SMILES string of the molecule is COc1ccc([C@@H](N)CO)cc1OCc1ccc(F)cc1. The van der Waals surface area contributed by atoms with Crippen LogP contribution in [0.2, 0.25) is 0 Å². The Balaban J connectivity index is 2.15. The quantitative estimate of drug-likeness (QED) is 0.858. The molecule has 112 valence electrons. The smallest absolute Gasteiger partial charge is 0.161 e. The highest BCUT2D eigenvalue weighted by Gasteiger charge is 2.10. The Morgan fingerprint density at radius 3 is 2.48 bits per heavy atom. The van der Waals surface area contributed by atoms with Crippen molar-refractivity contribution in [1.82, 2.24) is 0 Å². The molecule has 2 rings (SSSR count). The molecule has 0 bridgehead atoms. The molecule has 3 N–H and O–H groups in total. The zero-order valence-corrected chi connectivity index (χ0v) is 11.8.